The summed E-state index contributed by atoms with van der Waals surface area (Å²) in [4.78, 5) is 53.3. The number of likely N-dealkylation sites (tertiary alicyclic amines) is 1. The molecule has 2 aromatic carbocycles. The van der Waals surface area contributed by atoms with Crippen LogP contribution in [0.1, 0.15) is 39.1 Å². The van der Waals surface area contributed by atoms with Gasteiger partial charge in [0.15, 0.2) is 0 Å². The first-order chi connectivity index (χ1) is 15.0. The van der Waals surface area contributed by atoms with Gasteiger partial charge in [-0.05, 0) is 24.1 Å². The lowest BCUT2D eigenvalue weighted by atomic mass is 10.0. The molecule has 0 unspecified atom stereocenters. The fourth-order valence-electron chi connectivity index (χ4n) is 4.18. The highest BCUT2D eigenvalue weighted by atomic mass is 16.6. The molecule has 1 fully saturated rings. The molecule has 31 heavy (non-hydrogen) atoms. The largest absolute Gasteiger partial charge is 0.469 e. The number of carbonyl (C=O) groups excluding carboxylic acids is 4. The van der Waals surface area contributed by atoms with Crippen LogP contribution in [0.15, 0.2) is 54.6 Å². The van der Waals surface area contributed by atoms with Crippen LogP contribution in [-0.2, 0) is 20.9 Å². The molecule has 2 aromatic rings. The lowest BCUT2D eigenvalue weighted by Gasteiger charge is -2.31. The third kappa shape index (κ3) is 3.88. The second-order valence-corrected chi connectivity index (χ2v) is 7.46. The molecule has 3 amide bonds. The van der Waals surface area contributed by atoms with Crippen LogP contribution < -0.4 is 0 Å². The zero-order valence-corrected chi connectivity index (χ0v) is 17.0. The standard InChI is InChI=1S/C23H22N2O6/c1-30-20(26)13-19-18(25-21(27)16-9-5-6-10-17(16)22(25)28)11-12-24(19)23(29)31-14-15-7-3-2-4-8-15/h2-10,18-19H,11-14H2,1H3/t18-,19+/m1/s1. The number of hydrogen-bond acceptors (Lipinski definition) is 6. The van der Waals surface area contributed by atoms with Crippen LogP contribution in [0.2, 0.25) is 0 Å². The highest BCUT2D eigenvalue weighted by molar-refractivity contribution is 6.21. The van der Waals surface area contributed by atoms with Gasteiger partial charge in [0.25, 0.3) is 11.8 Å². The van der Waals surface area contributed by atoms with Gasteiger partial charge in [-0.15, -0.1) is 0 Å². The van der Waals surface area contributed by atoms with Crippen LogP contribution >= 0.6 is 0 Å². The molecule has 8 heteroatoms. The molecule has 0 N–H and O–H groups in total. The van der Waals surface area contributed by atoms with Crippen molar-refractivity contribution in [3.05, 3.63) is 71.3 Å². The number of benzene rings is 2. The Kier molecular flexibility index (Phi) is 5.70. The van der Waals surface area contributed by atoms with Crippen LogP contribution in [0.3, 0.4) is 0 Å². The van der Waals surface area contributed by atoms with Gasteiger partial charge in [-0.3, -0.25) is 19.3 Å². The average Bonchev–Trinajstić information content (AvgIpc) is 3.31. The van der Waals surface area contributed by atoms with Crippen molar-refractivity contribution in [2.75, 3.05) is 13.7 Å². The second kappa shape index (κ2) is 8.59. The number of amides is 3. The highest BCUT2D eigenvalue weighted by Gasteiger charge is 2.49. The molecule has 0 aromatic heterocycles. The summed E-state index contributed by atoms with van der Waals surface area (Å²) in [7, 11) is 1.26. The van der Waals surface area contributed by atoms with E-state index >= 15 is 0 Å². The van der Waals surface area contributed by atoms with Crippen molar-refractivity contribution >= 4 is 23.9 Å². The van der Waals surface area contributed by atoms with Crippen LogP contribution in [-0.4, -0.2) is 59.4 Å². The number of carbonyl (C=O) groups is 4. The Morgan fingerprint density at radius 1 is 0.968 bits per heavy atom. The Hall–Kier alpha value is -3.68. The molecule has 0 radical (unpaired) electrons. The zero-order chi connectivity index (χ0) is 22.0. The molecule has 8 nitrogen and oxygen atoms in total. The zero-order valence-electron chi connectivity index (χ0n) is 17.0. The first-order valence-corrected chi connectivity index (χ1v) is 10.0. The Balaban J connectivity index is 1.54. The highest BCUT2D eigenvalue weighted by Crippen LogP contribution is 2.33. The summed E-state index contributed by atoms with van der Waals surface area (Å²) in [5.41, 5.74) is 1.49. The molecular weight excluding hydrogens is 400 g/mol. The Bertz CT molecular complexity index is 987. The lowest BCUT2D eigenvalue weighted by molar-refractivity contribution is -0.142. The molecule has 2 atom stereocenters. The number of methoxy groups -OCH3 is 1. The second-order valence-electron chi connectivity index (χ2n) is 7.46. The third-order valence-corrected chi connectivity index (χ3v) is 5.71. The van der Waals surface area contributed by atoms with Gasteiger partial charge in [0.05, 0.1) is 36.7 Å². The van der Waals surface area contributed by atoms with E-state index in [0.717, 1.165) is 5.56 Å². The quantitative estimate of drug-likeness (QED) is 0.543. The van der Waals surface area contributed by atoms with Crippen molar-refractivity contribution in [2.24, 2.45) is 0 Å². The van der Waals surface area contributed by atoms with Gasteiger partial charge in [-0.2, -0.15) is 0 Å². The predicted molar refractivity (Wildman–Crippen MR) is 109 cm³/mol. The third-order valence-electron chi connectivity index (χ3n) is 5.71. The van der Waals surface area contributed by atoms with E-state index in [1.54, 1.807) is 24.3 Å². The molecular formula is C23H22N2O6. The van der Waals surface area contributed by atoms with Gasteiger partial charge in [-0.25, -0.2) is 4.79 Å². The minimum atomic E-state index is -0.724. The number of hydrogen-bond donors (Lipinski definition) is 0. The normalized spacial score (nSPS) is 20.0. The molecule has 1 saturated heterocycles. The molecule has 2 aliphatic heterocycles. The van der Waals surface area contributed by atoms with Crippen LogP contribution in [0.25, 0.3) is 0 Å². The minimum Gasteiger partial charge on any atom is -0.469 e. The topological polar surface area (TPSA) is 93.2 Å². The fraction of sp³-hybridized carbons (Fsp3) is 0.304. The first-order valence-electron chi connectivity index (χ1n) is 10.0. The van der Waals surface area contributed by atoms with Crippen LogP contribution in [0, 0.1) is 0 Å². The predicted octanol–water partition coefficient (Wildman–Crippen LogP) is 2.63. The number of ether oxygens (including phenoxy) is 2. The smallest absolute Gasteiger partial charge is 0.410 e. The summed E-state index contributed by atoms with van der Waals surface area (Å²) in [5, 5.41) is 0. The molecule has 4 rings (SSSR count). The van der Waals surface area contributed by atoms with E-state index in [1.807, 2.05) is 30.3 Å². The maximum absolute atomic E-state index is 12.9. The van der Waals surface area contributed by atoms with Gasteiger partial charge in [0.2, 0.25) is 0 Å². The van der Waals surface area contributed by atoms with Gasteiger partial charge < -0.3 is 14.4 Å². The number of imide groups is 1. The molecule has 0 aliphatic carbocycles. The van der Waals surface area contributed by atoms with Gasteiger partial charge in [0, 0.05) is 6.54 Å². The summed E-state index contributed by atoms with van der Waals surface area (Å²) in [6, 6.07) is 14.5. The molecule has 0 saturated carbocycles. The number of nitrogens with zero attached hydrogens (tertiary/aromatic N) is 2. The Morgan fingerprint density at radius 2 is 1.58 bits per heavy atom. The Morgan fingerprint density at radius 3 is 2.19 bits per heavy atom. The van der Waals surface area contributed by atoms with E-state index in [9.17, 15) is 19.2 Å². The van der Waals surface area contributed by atoms with Gasteiger partial charge >= 0.3 is 12.1 Å². The minimum absolute atomic E-state index is 0.0821. The van der Waals surface area contributed by atoms with Crippen LogP contribution in [0.5, 0.6) is 0 Å². The van der Waals surface area contributed by atoms with Crippen LogP contribution in [0.4, 0.5) is 4.79 Å². The average molecular weight is 422 g/mol. The maximum Gasteiger partial charge on any atom is 0.410 e. The summed E-state index contributed by atoms with van der Waals surface area (Å²) < 4.78 is 10.2. The Labute approximate surface area is 179 Å². The molecule has 0 spiro atoms. The van der Waals surface area contributed by atoms with Crippen molar-refractivity contribution in [3.63, 3.8) is 0 Å². The molecule has 2 aliphatic rings. The van der Waals surface area contributed by atoms with E-state index in [-0.39, 0.29) is 19.6 Å². The first kappa shape index (κ1) is 20.6. The molecule has 160 valence electrons. The van der Waals surface area contributed by atoms with E-state index in [1.165, 1.54) is 16.9 Å². The molecule has 2 heterocycles. The summed E-state index contributed by atoms with van der Waals surface area (Å²) in [6.07, 6.45) is -0.389. The van der Waals surface area contributed by atoms with Crippen molar-refractivity contribution in [1.82, 2.24) is 9.80 Å². The summed E-state index contributed by atoms with van der Waals surface area (Å²) >= 11 is 0. The van der Waals surface area contributed by atoms with E-state index in [0.29, 0.717) is 17.5 Å². The van der Waals surface area contributed by atoms with Gasteiger partial charge in [-0.1, -0.05) is 42.5 Å². The number of rotatable bonds is 5. The summed E-state index contributed by atoms with van der Waals surface area (Å²) in [5.74, 6) is -1.37. The van der Waals surface area contributed by atoms with Crippen molar-refractivity contribution in [1.29, 1.82) is 0 Å². The summed E-state index contributed by atoms with van der Waals surface area (Å²) in [6.45, 7) is 0.339. The molecule has 0 bridgehead atoms. The number of fused-ring (bicyclic) bond motifs is 1. The fourth-order valence-corrected chi connectivity index (χ4v) is 4.18. The van der Waals surface area contributed by atoms with Crippen molar-refractivity contribution < 1.29 is 28.7 Å². The van der Waals surface area contributed by atoms with E-state index < -0.39 is 36.0 Å². The van der Waals surface area contributed by atoms with E-state index in [4.69, 9.17) is 9.47 Å². The monoisotopic (exact) mass is 422 g/mol. The van der Waals surface area contributed by atoms with Crippen molar-refractivity contribution in [3.8, 4) is 0 Å². The number of esters is 1. The van der Waals surface area contributed by atoms with E-state index in [2.05, 4.69) is 0 Å². The lowest BCUT2D eigenvalue weighted by Crippen LogP contribution is -2.50. The SMILES string of the molecule is COC(=O)C[C@H]1[C@H](N2C(=O)c3ccccc3C2=O)CCN1C(=O)OCc1ccccc1. The maximum atomic E-state index is 12.9. The van der Waals surface area contributed by atoms with Crippen molar-refractivity contribution in [2.45, 2.75) is 31.5 Å². The van der Waals surface area contributed by atoms with Gasteiger partial charge in [0.1, 0.15) is 6.61 Å².